The highest BCUT2D eigenvalue weighted by molar-refractivity contribution is 7.13. The maximum absolute atomic E-state index is 11.3. The standard InChI is InChI=1S/C11H9ClN2O2S/c1-16-10-4-2-3-7(13-10)11-14-8(6-17-11)9(15)5-12/h2-4,6H,5H2,1H3. The number of alkyl halides is 1. The Hall–Kier alpha value is -1.46. The van der Waals surface area contributed by atoms with Crippen LogP contribution in [0.4, 0.5) is 0 Å². The summed E-state index contributed by atoms with van der Waals surface area (Å²) in [5.41, 5.74) is 1.06. The lowest BCUT2D eigenvalue weighted by atomic mass is 10.3. The monoisotopic (exact) mass is 268 g/mol. The first kappa shape index (κ1) is 12.0. The summed E-state index contributed by atoms with van der Waals surface area (Å²) < 4.78 is 5.03. The van der Waals surface area contributed by atoms with Crippen LogP contribution >= 0.6 is 22.9 Å². The first-order valence-electron chi connectivity index (χ1n) is 4.80. The molecule has 0 bridgehead atoms. The Kier molecular flexibility index (Phi) is 3.71. The van der Waals surface area contributed by atoms with Gasteiger partial charge in [-0.25, -0.2) is 9.97 Å². The Balaban J connectivity index is 2.33. The zero-order valence-corrected chi connectivity index (χ0v) is 10.6. The van der Waals surface area contributed by atoms with Gasteiger partial charge in [0.1, 0.15) is 16.4 Å². The van der Waals surface area contributed by atoms with Crippen LogP contribution in [0.15, 0.2) is 23.6 Å². The van der Waals surface area contributed by atoms with Gasteiger partial charge in [0.15, 0.2) is 5.78 Å². The van der Waals surface area contributed by atoms with E-state index < -0.39 is 0 Å². The third-order valence-electron chi connectivity index (χ3n) is 2.06. The molecular weight excluding hydrogens is 260 g/mol. The molecule has 2 heterocycles. The van der Waals surface area contributed by atoms with Gasteiger partial charge in [0, 0.05) is 11.4 Å². The van der Waals surface area contributed by atoms with Gasteiger partial charge in [-0.2, -0.15) is 0 Å². The quantitative estimate of drug-likeness (QED) is 0.632. The molecule has 2 rings (SSSR count). The van der Waals surface area contributed by atoms with E-state index in [1.165, 1.54) is 11.3 Å². The summed E-state index contributed by atoms with van der Waals surface area (Å²) in [6.45, 7) is 0. The van der Waals surface area contributed by atoms with Crippen molar-refractivity contribution in [3.8, 4) is 16.6 Å². The predicted molar refractivity (Wildman–Crippen MR) is 66.9 cm³/mol. The molecule has 0 amide bonds. The number of aromatic nitrogens is 2. The number of hydrogen-bond acceptors (Lipinski definition) is 5. The number of ketones is 1. The predicted octanol–water partition coefficient (Wildman–Crippen LogP) is 2.64. The molecule has 2 aromatic heterocycles. The number of rotatable bonds is 4. The Morgan fingerprint density at radius 2 is 2.29 bits per heavy atom. The van der Waals surface area contributed by atoms with Gasteiger partial charge in [-0.1, -0.05) is 6.07 Å². The molecule has 4 nitrogen and oxygen atoms in total. The average molecular weight is 269 g/mol. The largest absolute Gasteiger partial charge is 0.481 e. The smallest absolute Gasteiger partial charge is 0.213 e. The van der Waals surface area contributed by atoms with Crippen LogP contribution in [0.1, 0.15) is 10.5 Å². The first-order valence-corrected chi connectivity index (χ1v) is 6.22. The highest BCUT2D eigenvalue weighted by Crippen LogP contribution is 2.23. The number of methoxy groups -OCH3 is 1. The van der Waals surface area contributed by atoms with Crippen molar-refractivity contribution in [1.82, 2.24) is 9.97 Å². The molecule has 2 aromatic rings. The molecule has 0 aliphatic carbocycles. The van der Waals surface area contributed by atoms with Gasteiger partial charge in [0.25, 0.3) is 0 Å². The topological polar surface area (TPSA) is 52.1 Å². The van der Waals surface area contributed by atoms with E-state index >= 15 is 0 Å². The van der Waals surface area contributed by atoms with E-state index in [9.17, 15) is 4.79 Å². The van der Waals surface area contributed by atoms with Crippen molar-refractivity contribution in [2.45, 2.75) is 0 Å². The van der Waals surface area contributed by atoms with Crippen molar-refractivity contribution in [2.24, 2.45) is 0 Å². The van der Waals surface area contributed by atoms with Gasteiger partial charge in [-0.3, -0.25) is 4.79 Å². The number of hydrogen-bond donors (Lipinski definition) is 0. The third-order valence-corrected chi connectivity index (χ3v) is 3.17. The fraction of sp³-hybridized carbons (Fsp3) is 0.182. The summed E-state index contributed by atoms with van der Waals surface area (Å²) in [6, 6.07) is 5.39. The van der Waals surface area contributed by atoms with E-state index in [0.29, 0.717) is 22.3 Å². The number of Topliss-reactive ketones (excluding diaryl/α,β-unsaturated/α-hetero) is 1. The molecule has 6 heteroatoms. The molecule has 0 saturated carbocycles. The molecule has 0 aliphatic heterocycles. The average Bonchev–Trinajstić information content (AvgIpc) is 2.87. The van der Waals surface area contributed by atoms with E-state index in [2.05, 4.69) is 9.97 Å². The van der Waals surface area contributed by atoms with E-state index in [-0.39, 0.29) is 11.7 Å². The van der Waals surface area contributed by atoms with Crippen molar-refractivity contribution in [3.63, 3.8) is 0 Å². The van der Waals surface area contributed by atoms with Gasteiger partial charge in [-0.05, 0) is 6.07 Å². The van der Waals surface area contributed by atoms with E-state index in [0.717, 1.165) is 0 Å². The molecule has 0 saturated heterocycles. The highest BCUT2D eigenvalue weighted by atomic mass is 35.5. The minimum atomic E-state index is -0.183. The van der Waals surface area contributed by atoms with E-state index in [1.807, 2.05) is 12.1 Å². The Bertz CT molecular complexity index is 542. The number of carbonyl (C=O) groups excluding carboxylic acids is 1. The fourth-order valence-electron chi connectivity index (χ4n) is 1.24. The molecule has 0 spiro atoms. The van der Waals surface area contributed by atoms with Crippen LogP contribution in [0.3, 0.4) is 0 Å². The summed E-state index contributed by atoms with van der Waals surface area (Å²) in [5, 5.41) is 2.36. The normalized spacial score (nSPS) is 10.2. The minimum Gasteiger partial charge on any atom is -0.481 e. The Morgan fingerprint density at radius 1 is 1.47 bits per heavy atom. The van der Waals surface area contributed by atoms with Gasteiger partial charge in [0.2, 0.25) is 5.88 Å². The summed E-state index contributed by atoms with van der Waals surface area (Å²) in [6.07, 6.45) is 0. The molecule has 0 fully saturated rings. The van der Waals surface area contributed by atoms with Crippen LogP contribution in [-0.4, -0.2) is 28.7 Å². The zero-order chi connectivity index (χ0) is 12.3. The number of pyridine rings is 1. The van der Waals surface area contributed by atoms with Crippen LogP contribution in [0.5, 0.6) is 5.88 Å². The number of nitrogens with zero attached hydrogens (tertiary/aromatic N) is 2. The summed E-state index contributed by atoms with van der Waals surface area (Å²) in [7, 11) is 1.55. The molecule has 0 aliphatic rings. The molecule has 0 aromatic carbocycles. The zero-order valence-electron chi connectivity index (χ0n) is 9.01. The fourth-order valence-corrected chi connectivity index (χ4v) is 2.17. The van der Waals surface area contributed by atoms with Gasteiger partial charge in [-0.15, -0.1) is 22.9 Å². The molecule has 0 radical (unpaired) electrons. The maximum Gasteiger partial charge on any atom is 0.213 e. The molecular formula is C11H9ClN2O2S. The maximum atomic E-state index is 11.3. The molecule has 0 N–H and O–H groups in total. The van der Waals surface area contributed by atoms with Crippen molar-refractivity contribution < 1.29 is 9.53 Å². The van der Waals surface area contributed by atoms with E-state index in [4.69, 9.17) is 16.3 Å². The second-order valence-corrected chi connectivity index (χ2v) is 4.29. The molecule has 17 heavy (non-hydrogen) atoms. The highest BCUT2D eigenvalue weighted by Gasteiger charge is 2.11. The summed E-state index contributed by atoms with van der Waals surface area (Å²) in [5.74, 6) is 0.273. The lowest BCUT2D eigenvalue weighted by molar-refractivity contribution is 0.101. The minimum absolute atomic E-state index is 0.0608. The lowest BCUT2D eigenvalue weighted by Crippen LogP contribution is -2.00. The van der Waals surface area contributed by atoms with Crippen molar-refractivity contribution >= 4 is 28.7 Å². The van der Waals surface area contributed by atoms with Crippen LogP contribution in [0, 0.1) is 0 Å². The first-order chi connectivity index (χ1) is 8.24. The Morgan fingerprint density at radius 3 is 3.00 bits per heavy atom. The van der Waals surface area contributed by atoms with Crippen molar-refractivity contribution in [2.75, 3.05) is 13.0 Å². The lowest BCUT2D eigenvalue weighted by Gasteiger charge is -1.99. The number of carbonyl (C=O) groups is 1. The van der Waals surface area contributed by atoms with Crippen LogP contribution in [0.25, 0.3) is 10.7 Å². The molecule has 0 unspecified atom stereocenters. The number of thiazole rings is 1. The van der Waals surface area contributed by atoms with Crippen molar-refractivity contribution in [3.05, 3.63) is 29.3 Å². The van der Waals surface area contributed by atoms with Crippen LogP contribution in [-0.2, 0) is 0 Å². The second-order valence-electron chi connectivity index (χ2n) is 3.16. The van der Waals surface area contributed by atoms with Crippen molar-refractivity contribution in [1.29, 1.82) is 0 Å². The SMILES string of the molecule is COc1cccc(-c2nc(C(=O)CCl)cs2)n1. The summed E-state index contributed by atoms with van der Waals surface area (Å²) >= 11 is 6.83. The third kappa shape index (κ3) is 2.62. The van der Waals surface area contributed by atoms with Crippen LogP contribution in [0.2, 0.25) is 0 Å². The Labute approximate surface area is 107 Å². The van der Waals surface area contributed by atoms with Gasteiger partial charge in [0.05, 0.1) is 13.0 Å². The number of ether oxygens (including phenoxy) is 1. The molecule has 88 valence electrons. The number of halogens is 1. The van der Waals surface area contributed by atoms with E-state index in [1.54, 1.807) is 18.6 Å². The van der Waals surface area contributed by atoms with Crippen LogP contribution < -0.4 is 4.74 Å². The van der Waals surface area contributed by atoms with Gasteiger partial charge < -0.3 is 4.74 Å². The summed E-state index contributed by atoms with van der Waals surface area (Å²) in [4.78, 5) is 19.8. The van der Waals surface area contributed by atoms with Gasteiger partial charge >= 0.3 is 0 Å². The second kappa shape index (κ2) is 5.25. The molecule has 0 atom stereocenters.